The summed E-state index contributed by atoms with van der Waals surface area (Å²) < 4.78 is 0.814. The molecule has 96 valence electrons. The lowest BCUT2D eigenvalue weighted by Crippen LogP contribution is -2.36. The summed E-state index contributed by atoms with van der Waals surface area (Å²) in [7, 11) is 1.85. The third-order valence-corrected chi connectivity index (χ3v) is 3.48. The monoisotopic (exact) mass is 310 g/mol. The number of amides is 1. The second kappa shape index (κ2) is 5.52. The number of rotatable bonds is 5. The van der Waals surface area contributed by atoms with Crippen LogP contribution in [0.5, 0.6) is 0 Å². The van der Waals surface area contributed by atoms with Crippen molar-refractivity contribution in [3.05, 3.63) is 28.2 Å². The quantitative estimate of drug-likeness (QED) is 0.846. The fourth-order valence-corrected chi connectivity index (χ4v) is 2.41. The number of nitrogens with zero attached hydrogens (tertiary/aromatic N) is 1. The predicted molar refractivity (Wildman–Crippen MR) is 74.0 cm³/mol. The number of carbonyl (C=O) groups is 2. The Labute approximate surface area is 114 Å². The third-order valence-electron chi connectivity index (χ3n) is 2.84. The summed E-state index contributed by atoms with van der Waals surface area (Å²) >= 11 is 3.41. The van der Waals surface area contributed by atoms with E-state index in [0.717, 1.165) is 29.3 Å². The van der Waals surface area contributed by atoms with Gasteiger partial charge in [0.25, 0.3) is 0 Å². The first-order valence-corrected chi connectivity index (χ1v) is 6.64. The van der Waals surface area contributed by atoms with E-state index in [4.69, 9.17) is 0 Å². The lowest BCUT2D eigenvalue weighted by atomic mass is 10.2. The van der Waals surface area contributed by atoms with Crippen LogP contribution in [0.4, 0.5) is 5.69 Å². The maximum absolute atomic E-state index is 11.7. The van der Waals surface area contributed by atoms with Crippen molar-refractivity contribution in [1.29, 1.82) is 0 Å². The molecule has 1 aliphatic rings. The maximum atomic E-state index is 11.7. The molecule has 0 unspecified atom stereocenters. The molecule has 0 heterocycles. The van der Waals surface area contributed by atoms with Crippen LogP contribution in [-0.4, -0.2) is 31.8 Å². The van der Waals surface area contributed by atoms with E-state index in [1.54, 1.807) is 12.1 Å². The van der Waals surface area contributed by atoms with Gasteiger partial charge >= 0.3 is 0 Å². The van der Waals surface area contributed by atoms with Crippen LogP contribution in [-0.2, 0) is 4.79 Å². The number of halogens is 1. The normalized spacial score (nSPS) is 14.1. The van der Waals surface area contributed by atoms with Crippen LogP contribution in [0.2, 0.25) is 0 Å². The molecule has 0 aliphatic heterocycles. The topological polar surface area (TPSA) is 49.4 Å². The molecule has 1 fully saturated rings. The molecule has 0 aromatic heterocycles. The van der Waals surface area contributed by atoms with Crippen molar-refractivity contribution in [1.82, 2.24) is 5.32 Å². The van der Waals surface area contributed by atoms with E-state index in [2.05, 4.69) is 21.2 Å². The van der Waals surface area contributed by atoms with Gasteiger partial charge in [0.05, 0.1) is 12.2 Å². The van der Waals surface area contributed by atoms with Gasteiger partial charge in [-0.1, -0.05) is 0 Å². The van der Waals surface area contributed by atoms with E-state index < -0.39 is 0 Å². The van der Waals surface area contributed by atoms with Crippen molar-refractivity contribution in [3.63, 3.8) is 0 Å². The van der Waals surface area contributed by atoms with E-state index in [1.807, 2.05) is 18.0 Å². The first-order chi connectivity index (χ1) is 8.60. The summed E-state index contributed by atoms with van der Waals surface area (Å²) in [5.41, 5.74) is 1.51. The Morgan fingerprint density at radius 1 is 1.56 bits per heavy atom. The molecule has 1 aromatic rings. The Hall–Kier alpha value is -1.36. The van der Waals surface area contributed by atoms with Crippen LogP contribution in [0.25, 0.3) is 0 Å². The molecule has 0 atom stereocenters. The zero-order valence-corrected chi connectivity index (χ0v) is 11.7. The van der Waals surface area contributed by atoms with Gasteiger partial charge in [-0.15, -0.1) is 0 Å². The lowest BCUT2D eigenvalue weighted by molar-refractivity contribution is -0.119. The molecule has 4 nitrogen and oxygen atoms in total. The van der Waals surface area contributed by atoms with Crippen LogP contribution >= 0.6 is 15.9 Å². The summed E-state index contributed by atoms with van der Waals surface area (Å²) in [6, 6.07) is 5.70. The Bertz CT molecular complexity index is 472. The molecule has 0 spiro atoms. The molecular weight excluding hydrogens is 296 g/mol. The summed E-state index contributed by atoms with van der Waals surface area (Å²) in [5, 5.41) is 2.94. The molecule has 0 bridgehead atoms. The fourth-order valence-electron chi connectivity index (χ4n) is 1.71. The van der Waals surface area contributed by atoms with Crippen molar-refractivity contribution in [3.8, 4) is 0 Å². The highest BCUT2D eigenvalue weighted by atomic mass is 79.9. The van der Waals surface area contributed by atoms with Crippen LogP contribution in [0.15, 0.2) is 22.7 Å². The number of carbonyl (C=O) groups excluding carboxylic acids is 2. The molecule has 1 saturated carbocycles. The van der Waals surface area contributed by atoms with Crippen molar-refractivity contribution in [2.45, 2.75) is 18.9 Å². The van der Waals surface area contributed by atoms with E-state index in [0.29, 0.717) is 18.2 Å². The van der Waals surface area contributed by atoms with Gasteiger partial charge in [0.2, 0.25) is 5.91 Å². The van der Waals surface area contributed by atoms with Crippen LogP contribution in [0, 0.1) is 0 Å². The van der Waals surface area contributed by atoms with E-state index in [9.17, 15) is 9.59 Å². The summed E-state index contributed by atoms with van der Waals surface area (Å²) in [4.78, 5) is 24.2. The highest BCUT2D eigenvalue weighted by Gasteiger charge is 2.23. The van der Waals surface area contributed by atoms with Gasteiger partial charge in [-0.2, -0.15) is 0 Å². The molecular formula is C13H15BrN2O2. The largest absolute Gasteiger partial charge is 0.364 e. The first kappa shape index (κ1) is 13.1. The summed E-state index contributed by atoms with van der Waals surface area (Å²) in [6.45, 7) is 0.315. The third kappa shape index (κ3) is 3.32. The molecule has 1 N–H and O–H groups in total. The molecule has 0 saturated heterocycles. The summed E-state index contributed by atoms with van der Waals surface area (Å²) in [6.07, 6.45) is 2.98. The molecule has 18 heavy (non-hydrogen) atoms. The summed E-state index contributed by atoms with van der Waals surface area (Å²) in [5.74, 6) is 0.0337. The van der Waals surface area contributed by atoms with Gasteiger partial charge in [0.15, 0.2) is 0 Å². The zero-order chi connectivity index (χ0) is 13.1. The van der Waals surface area contributed by atoms with Crippen LogP contribution in [0.3, 0.4) is 0 Å². The smallest absolute Gasteiger partial charge is 0.239 e. The number of benzene rings is 1. The maximum Gasteiger partial charge on any atom is 0.239 e. The van der Waals surface area contributed by atoms with Crippen molar-refractivity contribution < 1.29 is 9.59 Å². The SMILES string of the molecule is CN(CC(=O)NC1CC1)c1ccc(C=O)cc1Br. The Kier molecular flexibility index (Phi) is 4.01. The van der Waals surface area contributed by atoms with Gasteiger partial charge in [0.1, 0.15) is 6.29 Å². The lowest BCUT2D eigenvalue weighted by Gasteiger charge is -2.20. The van der Waals surface area contributed by atoms with Crippen molar-refractivity contribution in [2.24, 2.45) is 0 Å². The minimum absolute atomic E-state index is 0.0337. The standard InChI is InChI=1S/C13H15BrN2O2/c1-16(7-13(18)15-10-3-4-10)12-5-2-9(8-17)6-11(12)14/h2,5-6,8,10H,3-4,7H2,1H3,(H,15,18). The number of likely N-dealkylation sites (N-methyl/N-ethyl adjacent to an activating group) is 1. The Balaban J connectivity index is 2.00. The molecule has 1 amide bonds. The van der Waals surface area contributed by atoms with Gasteiger partial charge in [-0.25, -0.2) is 0 Å². The Morgan fingerprint density at radius 3 is 2.83 bits per heavy atom. The number of hydrogen-bond donors (Lipinski definition) is 1. The van der Waals surface area contributed by atoms with Gasteiger partial charge in [0, 0.05) is 23.1 Å². The second-order valence-corrected chi connectivity index (χ2v) is 5.38. The number of hydrogen-bond acceptors (Lipinski definition) is 3. The second-order valence-electron chi connectivity index (χ2n) is 4.53. The average molecular weight is 311 g/mol. The predicted octanol–water partition coefficient (Wildman–Crippen LogP) is 1.98. The highest BCUT2D eigenvalue weighted by molar-refractivity contribution is 9.10. The highest BCUT2D eigenvalue weighted by Crippen LogP contribution is 2.26. The molecule has 1 aliphatic carbocycles. The molecule has 0 radical (unpaired) electrons. The zero-order valence-electron chi connectivity index (χ0n) is 10.1. The van der Waals surface area contributed by atoms with E-state index >= 15 is 0 Å². The minimum atomic E-state index is 0.0337. The molecule has 5 heteroatoms. The minimum Gasteiger partial charge on any atom is -0.364 e. The average Bonchev–Trinajstić information content (AvgIpc) is 3.12. The van der Waals surface area contributed by atoms with Gasteiger partial charge in [-0.3, -0.25) is 9.59 Å². The van der Waals surface area contributed by atoms with E-state index in [1.165, 1.54) is 0 Å². The van der Waals surface area contributed by atoms with E-state index in [-0.39, 0.29) is 5.91 Å². The number of anilines is 1. The fraction of sp³-hybridized carbons (Fsp3) is 0.385. The number of nitrogens with one attached hydrogen (secondary N) is 1. The molecule has 1 aromatic carbocycles. The van der Waals surface area contributed by atoms with Gasteiger partial charge in [-0.05, 0) is 47.0 Å². The van der Waals surface area contributed by atoms with Gasteiger partial charge < -0.3 is 10.2 Å². The van der Waals surface area contributed by atoms with Crippen molar-refractivity contribution >= 4 is 33.8 Å². The Morgan fingerprint density at radius 2 is 2.28 bits per heavy atom. The first-order valence-electron chi connectivity index (χ1n) is 5.85. The van der Waals surface area contributed by atoms with Crippen LogP contribution in [0.1, 0.15) is 23.2 Å². The molecule has 2 rings (SSSR count). The number of aldehydes is 1. The van der Waals surface area contributed by atoms with Crippen LogP contribution < -0.4 is 10.2 Å². The van der Waals surface area contributed by atoms with Crippen molar-refractivity contribution in [2.75, 3.05) is 18.5 Å².